The number of nitrogens with one attached hydrogen (secondary N) is 2. The fourth-order valence-corrected chi connectivity index (χ4v) is 2.34. The molecule has 0 aliphatic heterocycles. The molecule has 1 amide bonds. The van der Waals surface area contributed by atoms with Crippen LogP contribution in [0, 0.1) is 3.95 Å². The van der Waals surface area contributed by atoms with Crippen molar-refractivity contribution in [1.29, 1.82) is 0 Å². The van der Waals surface area contributed by atoms with Gasteiger partial charge in [-0.25, -0.2) is 5.84 Å². The summed E-state index contributed by atoms with van der Waals surface area (Å²) < 4.78 is 1.34. The van der Waals surface area contributed by atoms with Crippen molar-refractivity contribution in [1.82, 2.24) is 15.6 Å². The molecule has 66 valence electrons. The molecule has 5 nitrogen and oxygen atoms in total. The largest absolute Gasteiger partial charge is 0.294 e. The van der Waals surface area contributed by atoms with Crippen molar-refractivity contribution in [2.75, 3.05) is 5.75 Å². The van der Waals surface area contributed by atoms with Gasteiger partial charge >= 0.3 is 0 Å². The van der Waals surface area contributed by atoms with Crippen molar-refractivity contribution >= 4 is 41.2 Å². The Bertz CT molecular complexity index is 318. The lowest BCUT2D eigenvalue weighted by atomic mass is 10.8. The Labute approximate surface area is 81.7 Å². The monoisotopic (exact) mass is 222 g/mol. The molecule has 0 bridgehead atoms. The number of carbonyl (C=O) groups is 1. The van der Waals surface area contributed by atoms with Crippen molar-refractivity contribution in [3.63, 3.8) is 0 Å². The second kappa shape index (κ2) is 4.55. The third-order valence-corrected chi connectivity index (χ3v) is 3.14. The number of carbonyl (C=O) groups excluding carboxylic acids is 1. The Morgan fingerprint density at radius 3 is 3.17 bits per heavy atom. The first kappa shape index (κ1) is 9.65. The molecule has 0 atom stereocenters. The van der Waals surface area contributed by atoms with E-state index < -0.39 is 0 Å². The topological polar surface area (TPSA) is 83.8 Å². The predicted molar refractivity (Wildman–Crippen MR) is 50.4 cm³/mol. The van der Waals surface area contributed by atoms with Crippen LogP contribution in [0.25, 0.3) is 0 Å². The first-order valence-electron chi connectivity index (χ1n) is 2.90. The minimum atomic E-state index is -0.235. The number of aromatic nitrogens is 2. The van der Waals surface area contributed by atoms with Gasteiger partial charge in [-0.1, -0.05) is 23.1 Å². The zero-order valence-corrected chi connectivity index (χ0v) is 8.31. The zero-order chi connectivity index (χ0) is 8.97. The van der Waals surface area contributed by atoms with Crippen LogP contribution in [0.3, 0.4) is 0 Å². The summed E-state index contributed by atoms with van der Waals surface area (Å²) in [5.41, 5.74) is 2.02. The number of aromatic amines is 1. The molecule has 1 aromatic heterocycles. The fraction of sp³-hybridized carbons (Fsp3) is 0.250. The summed E-state index contributed by atoms with van der Waals surface area (Å²) in [6.07, 6.45) is 0. The maximum Gasteiger partial charge on any atom is 0.244 e. The summed E-state index contributed by atoms with van der Waals surface area (Å²) in [4.78, 5) is 10.7. The molecule has 1 heterocycles. The van der Waals surface area contributed by atoms with Gasteiger partial charge in [0.05, 0.1) is 5.75 Å². The molecule has 0 radical (unpaired) electrons. The minimum absolute atomic E-state index is 0.235. The molecule has 0 spiro atoms. The van der Waals surface area contributed by atoms with Gasteiger partial charge in [-0.3, -0.25) is 15.3 Å². The molecule has 0 saturated heterocycles. The number of hydrogen-bond acceptors (Lipinski definition) is 6. The summed E-state index contributed by atoms with van der Waals surface area (Å²) in [7, 11) is 0. The first-order valence-corrected chi connectivity index (χ1v) is 5.11. The van der Waals surface area contributed by atoms with Crippen molar-refractivity contribution in [3.8, 4) is 0 Å². The lowest BCUT2D eigenvalue weighted by Gasteiger charge is -1.94. The lowest BCUT2D eigenvalue weighted by molar-refractivity contribution is -0.118. The van der Waals surface area contributed by atoms with Crippen LogP contribution < -0.4 is 11.3 Å². The molecule has 4 N–H and O–H groups in total. The Morgan fingerprint density at radius 2 is 2.67 bits per heavy atom. The van der Waals surface area contributed by atoms with Gasteiger partial charge in [0, 0.05) is 0 Å². The smallest absolute Gasteiger partial charge is 0.244 e. The molecular formula is C4H6N4OS3. The maximum absolute atomic E-state index is 10.7. The third-order valence-electron chi connectivity index (χ3n) is 0.906. The second-order valence-corrected chi connectivity index (χ2v) is 4.62. The highest BCUT2D eigenvalue weighted by Gasteiger charge is 2.02. The van der Waals surface area contributed by atoms with Crippen molar-refractivity contribution < 1.29 is 4.79 Å². The lowest BCUT2D eigenvalue weighted by Crippen LogP contribution is -2.31. The SMILES string of the molecule is NNC(=O)CSc1n[nH]c(=S)s1. The number of nitrogens with two attached hydrogens (primary N) is 1. The Kier molecular flexibility index (Phi) is 3.66. The first-order chi connectivity index (χ1) is 5.72. The quantitative estimate of drug-likeness (QED) is 0.225. The predicted octanol–water partition coefficient (Wildman–Crippen LogP) is 0.283. The minimum Gasteiger partial charge on any atom is -0.294 e. The van der Waals surface area contributed by atoms with E-state index in [-0.39, 0.29) is 11.7 Å². The standard InChI is InChI=1S/C4H6N4OS3/c5-6-2(9)1-11-4-8-7-3(10)12-4/h1,5H2,(H,6,9)(H,7,10). The van der Waals surface area contributed by atoms with Crippen LogP contribution in [0.2, 0.25) is 0 Å². The van der Waals surface area contributed by atoms with E-state index in [2.05, 4.69) is 10.2 Å². The number of rotatable bonds is 3. The van der Waals surface area contributed by atoms with Crippen molar-refractivity contribution in [2.24, 2.45) is 5.84 Å². The van der Waals surface area contributed by atoms with E-state index in [1.807, 2.05) is 5.43 Å². The van der Waals surface area contributed by atoms with Crippen LogP contribution in [0.4, 0.5) is 0 Å². The number of amides is 1. The zero-order valence-electron chi connectivity index (χ0n) is 5.86. The second-order valence-electron chi connectivity index (χ2n) is 1.74. The summed E-state index contributed by atoms with van der Waals surface area (Å²) in [5.74, 6) is 4.90. The summed E-state index contributed by atoms with van der Waals surface area (Å²) in [5, 5.41) is 6.46. The molecule has 0 unspecified atom stereocenters. The molecule has 0 aliphatic carbocycles. The van der Waals surface area contributed by atoms with Gasteiger partial charge in [-0.15, -0.1) is 0 Å². The molecule has 0 saturated carbocycles. The summed E-state index contributed by atoms with van der Waals surface area (Å²) >= 11 is 7.42. The molecule has 1 rings (SSSR count). The maximum atomic E-state index is 10.7. The molecule has 8 heteroatoms. The normalized spacial score (nSPS) is 9.75. The van der Waals surface area contributed by atoms with Gasteiger partial charge in [0.15, 0.2) is 8.29 Å². The van der Waals surface area contributed by atoms with Gasteiger partial charge in [0.1, 0.15) is 0 Å². The summed E-state index contributed by atoms with van der Waals surface area (Å²) in [6.45, 7) is 0. The van der Waals surface area contributed by atoms with E-state index in [1.54, 1.807) is 0 Å². The van der Waals surface area contributed by atoms with E-state index in [1.165, 1.54) is 23.1 Å². The van der Waals surface area contributed by atoms with Gasteiger partial charge in [-0.05, 0) is 12.2 Å². The van der Waals surface area contributed by atoms with Crippen LogP contribution in [-0.4, -0.2) is 21.9 Å². The van der Waals surface area contributed by atoms with Crippen LogP contribution >= 0.6 is 35.3 Å². The fourth-order valence-electron chi connectivity index (χ4n) is 0.447. The highest BCUT2D eigenvalue weighted by molar-refractivity contribution is 8.01. The van der Waals surface area contributed by atoms with Crippen LogP contribution in [-0.2, 0) is 4.79 Å². The summed E-state index contributed by atoms with van der Waals surface area (Å²) in [6, 6.07) is 0. The van der Waals surface area contributed by atoms with E-state index >= 15 is 0 Å². The highest BCUT2D eigenvalue weighted by atomic mass is 32.2. The van der Waals surface area contributed by atoms with Gasteiger partial charge in [0.2, 0.25) is 5.91 Å². The number of thioether (sulfide) groups is 1. The van der Waals surface area contributed by atoms with Gasteiger partial charge in [0.25, 0.3) is 0 Å². The molecule has 0 aliphatic rings. The number of hydrogen-bond donors (Lipinski definition) is 3. The highest BCUT2D eigenvalue weighted by Crippen LogP contribution is 2.19. The van der Waals surface area contributed by atoms with Crippen LogP contribution in [0.5, 0.6) is 0 Å². The Hall–Kier alpha value is -0.440. The number of nitrogens with zero attached hydrogens (tertiary/aromatic N) is 1. The van der Waals surface area contributed by atoms with Crippen molar-refractivity contribution in [3.05, 3.63) is 3.95 Å². The Morgan fingerprint density at radius 1 is 1.92 bits per heavy atom. The number of hydrazine groups is 1. The van der Waals surface area contributed by atoms with Crippen molar-refractivity contribution in [2.45, 2.75) is 4.34 Å². The van der Waals surface area contributed by atoms with E-state index in [9.17, 15) is 4.79 Å². The molecule has 0 aromatic carbocycles. The van der Waals surface area contributed by atoms with E-state index in [4.69, 9.17) is 18.1 Å². The third kappa shape index (κ3) is 2.89. The van der Waals surface area contributed by atoms with Crippen LogP contribution in [0.1, 0.15) is 0 Å². The molecule has 0 fully saturated rings. The molecule has 12 heavy (non-hydrogen) atoms. The average molecular weight is 222 g/mol. The molecular weight excluding hydrogens is 216 g/mol. The van der Waals surface area contributed by atoms with Crippen LogP contribution in [0.15, 0.2) is 4.34 Å². The van der Waals surface area contributed by atoms with Gasteiger partial charge < -0.3 is 0 Å². The number of H-pyrrole nitrogens is 1. The Balaban J connectivity index is 2.43. The molecule has 1 aromatic rings. The van der Waals surface area contributed by atoms with Gasteiger partial charge in [-0.2, -0.15) is 5.10 Å². The van der Waals surface area contributed by atoms with E-state index in [0.717, 1.165) is 4.34 Å². The average Bonchev–Trinajstić information content (AvgIpc) is 2.47. The van der Waals surface area contributed by atoms with E-state index in [0.29, 0.717) is 3.95 Å².